The van der Waals surface area contributed by atoms with Crippen LogP contribution >= 0.6 is 0 Å². The average molecular weight is 295 g/mol. The number of nitrogens with zero attached hydrogens (tertiary/aromatic N) is 1. The van der Waals surface area contributed by atoms with Crippen LogP contribution in [0.2, 0.25) is 0 Å². The number of aromatic amines is 1. The summed E-state index contributed by atoms with van der Waals surface area (Å²) < 4.78 is 26.9. The number of carboxylic acid groups (broad SMARTS) is 1. The van der Waals surface area contributed by atoms with Crippen molar-refractivity contribution >= 4 is 21.7 Å². The van der Waals surface area contributed by atoms with E-state index in [4.69, 9.17) is 5.11 Å². The summed E-state index contributed by atoms with van der Waals surface area (Å²) in [6.45, 7) is 3.30. The third kappa shape index (κ3) is 2.64. The number of carboxylic acids is 1. The molecule has 2 aromatic rings. The molecule has 0 aliphatic carbocycles. The first kappa shape index (κ1) is 14.1. The van der Waals surface area contributed by atoms with Gasteiger partial charge in [0.2, 0.25) is 0 Å². The summed E-state index contributed by atoms with van der Waals surface area (Å²) in [5, 5.41) is 15.1. The number of H-pyrrole nitrogens is 1. The smallest absolute Gasteiger partial charge is 0.335 e. The Hall–Kier alpha value is -2.35. The quantitative estimate of drug-likeness (QED) is 0.791. The van der Waals surface area contributed by atoms with Gasteiger partial charge in [0.1, 0.15) is 0 Å². The Kier molecular flexibility index (Phi) is 3.49. The van der Waals surface area contributed by atoms with E-state index in [1.54, 1.807) is 13.8 Å². The summed E-state index contributed by atoms with van der Waals surface area (Å²) in [5.41, 5.74) is 1.31. The van der Waals surface area contributed by atoms with Crippen LogP contribution in [0.1, 0.15) is 21.5 Å². The second-order valence-corrected chi connectivity index (χ2v) is 5.96. The zero-order valence-corrected chi connectivity index (χ0v) is 11.7. The van der Waals surface area contributed by atoms with E-state index in [2.05, 4.69) is 14.9 Å². The Morgan fingerprint density at radius 2 is 2.05 bits per heavy atom. The van der Waals surface area contributed by atoms with Gasteiger partial charge in [-0.3, -0.25) is 9.82 Å². The van der Waals surface area contributed by atoms with Gasteiger partial charge >= 0.3 is 5.97 Å². The highest BCUT2D eigenvalue weighted by molar-refractivity contribution is 7.92. The van der Waals surface area contributed by atoms with Crippen LogP contribution in [0.4, 0.5) is 5.69 Å². The molecule has 2 rings (SSSR count). The summed E-state index contributed by atoms with van der Waals surface area (Å²) in [5.74, 6) is -1.17. The van der Waals surface area contributed by atoms with Gasteiger partial charge in [-0.25, -0.2) is 13.2 Å². The van der Waals surface area contributed by atoms with Gasteiger partial charge in [-0.1, -0.05) is 0 Å². The summed E-state index contributed by atoms with van der Waals surface area (Å²) in [7, 11) is -3.87. The van der Waals surface area contributed by atoms with E-state index in [9.17, 15) is 13.2 Å². The molecule has 0 spiro atoms. The molecular formula is C12H13N3O4S. The number of aromatic nitrogens is 2. The molecule has 0 saturated carbocycles. The Morgan fingerprint density at radius 1 is 1.35 bits per heavy atom. The van der Waals surface area contributed by atoms with Crippen molar-refractivity contribution in [1.82, 2.24) is 10.2 Å². The lowest BCUT2D eigenvalue weighted by Crippen LogP contribution is -2.15. The SMILES string of the molecule is Cc1cc(C(=O)O)cc(S(=O)(=O)Nc2cn[nH]c2)c1C. The van der Waals surface area contributed by atoms with Gasteiger partial charge in [0.15, 0.2) is 0 Å². The minimum absolute atomic E-state index is 0.0592. The van der Waals surface area contributed by atoms with Crippen LogP contribution in [0.3, 0.4) is 0 Å². The Balaban J connectivity index is 2.53. The molecule has 1 heterocycles. The number of anilines is 1. The number of hydrogen-bond acceptors (Lipinski definition) is 4. The van der Waals surface area contributed by atoms with Gasteiger partial charge in [0.05, 0.1) is 22.3 Å². The van der Waals surface area contributed by atoms with Crippen molar-refractivity contribution in [2.24, 2.45) is 0 Å². The fraction of sp³-hybridized carbons (Fsp3) is 0.167. The van der Waals surface area contributed by atoms with Crippen LogP contribution in [0.25, 0.3) is 0 Å². The van der Waals surface area contributed by atoms with Crippen molar-refractivity contribution in [2.45, 2.75) is 18.7 Å². The Morgan fingerprint density at radius 3 is 2.60 bits per heavy atom. The molecule has 0 atom stereocenters. The monoisotopic (exact) mass is 295 g/mol. The lowest BCUT2D eigenvalue weighted by Gasteiger charge is -2.12. The number of aryl methyl sites for hydroxylation is 1. The summed E-state index contributed by atoms with van der Waals surface area (Å²) >= 11 is 0. The van der Waals surface area contributed by atoms with Gasteiger partial charge in [-0.15, -0.1) is 0 Å². The van der Waals surface area contributed by atoms with Crippen molar-refractivity contribution in [3.8, 4) is 0 Å². The zero-order chi connectivity index (χ0) is 14.9. The number of rotatable bonds is 4. The molecule has 0 bridgehead atoms. The van der Waals surface area contributed by atoms with Crippen molar-refractivity contribution in [3.05, 3.63) is 41.2 Å². The molecule has 0 radical (unpaired) electrons. The van der Waals surface area contributed by atoms with Crippen LogP contribution in [0, 0.1) is 13.8 Å². The molecule has 0 aliphatic heterocycles. The number of carbonyl (C=O) groups is 1. The maximum atomic E-state index is 12.3. The molecule has 0 aliphatic rings. The first-order valence-electron chi connectivity index (χ1n) is 5.67. The topological polar surface area (TPSA) is 112 Å². The van der Waals surface area contributed by atoms with Gasteiger partial charge < -0.3 is 5.11 Å². The van der Waals surface area contributed by atoms with E-state index in [0.717, 1.165) is 6.07 Å². The van der Waals surface area contributed by atoms with E-state index in [-0.39, 0.29) is 16.1 Å². The van der Waals surface area contributed by atoms with Crippen LogP contribution < -0.4 is 4.72 Å². The molecule has 7 nitrogen and oxygen atoms in total. The number of nitrogens with one attached hydrogen (secondary N) is 2. The van der Waals surface area contributed by atoms with Crippen LogP contribution in [0.5, 0.6) is 0 Å². The van der Waals surface area contributed by atoms with Gasteiger partial charge in [-0.05, 0) is 37.1 Å². The molecule has 1 aromatic carbocycles. The molecular weight excluding hydrogens is 282 g/mol. The largest absolute Gasteiger partial charge is 0.478 e. The van der Waals surface area contributed by atoms with E-state index >= 15 is 0 Å². The minimum Gasteiger partial charge on any atom is -0.478 e. The summed E-state index contributed by atoms with van der Waals surface area (Å²) in [6.07, 6.45) is 2.71. The van der Waals surface area contributed by atoms with E-state index in [1.807, 2.05) is 0 Å². The normalized spacial score (nSPS) is 11.3. The maximum absolute atomic E-state index is 12.3. The van der Waals surface area contributed by atoms with Crippen molar-refractivity contribution < 1.29 is 18.3 Å². The number of benzene rings is 1. The predicted octanol–water partition coefficient (Wildman–Crippen LogP) is 1.53. The third-order valence-corrected chi connectivity index (χ3v) is 4.41. The molecule has 0 saturated heterocycles. The molecule has 1 aromatic heterocycles. The average Bonchev–Trinajstić information content (AvgIpc) is 2.83. The molecule has 0 fully saturated rings. The molecule has 106 valence electrons. The predicted molar refractivity (Wildman–Crippen MR) is 72.3 cm³/mol. The Bertz CT molecular complexity index is 751. The van der Waals surface area contributed by atoms with E-state index < -0.39 is 16.0 Å². The summed E-state index contributed by atoms with van der Waals surface area (Å²) in [4.78, 5) is 11.0. The highest BCUT2D eigenvalue weighted by Crippen LogP contribution is 2.23. The molecule has 8 heteroatoms. The highest BCUT2D eigenvalue weighted by Gasteiger charge is 2.21. The first-order chi connectivity index (χ1) is 9.31. The first-order valence-corrected chi connectivity index (χ1v) is 7.16. The fourth-order valence-corrected chi connectivity index (χ4v) is 3.12. The Labute approximate surface area is 115 Å². The van der Waals surface area contributed by atoms with Crippen LogP contribution in [-0.2, 0) is 10.0 Å². The van der Waals surface area contributed by atoms with Crippen molar-refractivity contribution in [2.75, 3.05) is 4.72 Å². The fourth-order valence-electron chi connectivity index (χ4n) is 1.75. The van der Waals surface area contributed by atoms with Crippen molar-refractivity contribution in [3.63, 3.8) is 0 Å². The van der Waals surface area contributed by atoms with E-state index in [1.165, 1.54) is 18.5 Å². The summed E-state index contributed by atoms with van der Waals surface area (Å²) in [6, 6.07) is 2.58. The molecule has 20 heavy (non-hydrogen) atoms. The lowest BCUT2D eigenvalue weighted by atomic mass is 10.1. The highest BCUT2D eigenvalue weighted by atomic mass is 32.2. The molecule has 0 unspecified atom stereocenters. The van der Waals surface area contributed by atoms with Crippen LogP contribution in [-0.4, -0.2) is 29.7 Å². The minimum atomic E-state index is -3.87. The second-order valence-electron chi connectivity index (χ2n) is 4.31. The third-order valence-electron chi connectivity index (χ3n) is 2.91. The number of sulfonamides is 1. The zero-order valence-electron chi connectivity index (χ0n) is 10.8. The second kappa shape index (κ2) is 4.97. The van der Waals surface area contributed by atoms with Gasteiger partial charge in [-0.2, -0.15) is 5.10 Å². The maximum Gasteiger partial charge on any atom is 0.335 e. The van der Waals surface area contributed by atoms with Gasteiger partial charge in [0, 0.05) is 6.20 Å². The number of hydrogen-bond donors (Lipinski definition) is 3. The van der Waals surface area contributed by atoms with Crippen molar-refractivity contribution in [1.29, 1.82) is 0 Å². The van der Waals surface area contributed by atoms with Gasteiger partial charge in [0.25, 0.3) is 10.0 Å². The number of aromatic carboxylic acids is 1. The molecule has 0 amide bonds. The standard InChI is InChI=1S/C12H13N3O4S/c1-7-3-9(12(16)17)4-11(8(7)2)20(18,19)15-10-5-13-14-6-10/h3-6,15H,1-2H3,(H,13,14)(H,16,17). The van der Waals surface area contributed by atoms with Crippen LogP contribution in [0.15, 0.2) is 29.4 Å². The lowest BCUT2D eigenvalue weighted by molar-refractivity contribution is 0.0696. The van der Waals surface area contributed by atoms with E-state index in [0.29, 0.717) is 11.1 Å². The molecule has 3 N–H and O–H groups in total.